The van der Waals surface area contributed by atoms with Crippen LogP contribution in [0, 0.1) is 11.3 Å². The van der Waals surface area contributed by atoms with E-state index in [1.54, 1.807) is 35.6 Å². The molecule has 0 bridgehead atoms. The second-order valence-electron chi connectivity index (χ2n) is 4.81. The van der Waals surface area contributed by atoms with E-state index in [1.165, 1.54) is 4.88 Å². The van der Waals surface area contributed by atoms with Crippen LogP contribution in [-0.2, 0) is 11.3 Å². The molecule has 1 heterocycles. The molecule has 0 fully saturated rings. The van der Waals surface area contributed by atoms with Gasteiger partial charge in [0.2, 0.25) is 5.91 Å². The Bertz CT molecular complexity index is 631. The van der Waals surface area contributed by atoms with Gasteiger partial charge in [0.05, 0.1) is 11.6 Å². The van der Waals surface area contributed by atoms with Crippen molar-refractivity contribution >= 4 is 22.9 Å². The van der Waals surface area contributed by atoms with E-state index in [0.717, 1.165) is 6.54 Å². The summed E-state index contributed by atoms with van der Waals surface area (Å²) in [6.07, 6.45) is 0.429. The maximum absolute atomic E-state index is 11.9. The number of nitriles is 1. The summed E-state index contributed by atoms with van der Waals surface area (Å²) in [5, 5.41) is 13.7. The summed E-state index contributed by atoms with van der Waals surface area (Å²) >= 11 is 1.72. The van der Waals surface area contributed by atoms with E-state index in [2.05, 4.69) is 27.7 Å². The monoisotopic (exact) mass is 299 g/mol. The average Bonchev–Trinajstić information content (AvgIpc) is 2.98. The summed E-state index contributed by atoms with van der Waals surface area (Å²) in [6.45, 7) is 1.55. The molecule has 108 valence electrons. The van der Waals surface area contributed by atoms with Crippen LogP contribution in [0.1, 0.15) is 16.9 Å². The molecule has 2 aromatic rings. The molecule has 1 aromatic carbocycles. The molecule has 0 radical (unpaired) electrons. The topological polar surface area (TPSA) is 56.1 Å². The Balaban J connectivity index is 1.78. The molecular formula is C16H17N3OS. The lowest BCUT2D eigenvalue weighted by atomic mass is 10.2. The molecule has 2 rings (SSSR count). The fraction of sp³-hybridized carbons (Fsp3) is 0.250. The number of hydrogen-bond donors (Lipinski definition) is 1. The van der Waals surface area contributed by atoms with Gasteiger partial charge in [0.25, 0.3) is 0 Å². The van der Waals surface area contributed by atoms with E-state index in [4.69, 9.17) is 5.26 Å². The van der Waals surface area contributed by atoms with Gasteiger partial charge in [-0.2, -0.15) is 5.26 Å². The van der Waals surface area contributed by atoms with E-state index in [-0.39, 0.29) is 5.91 Å². The van der Waals surface area contributed by atoms with E-state index in [1.807, 2.05) is 13.1 Å². The predicted molar refractivity (Wildman–Crippen MR) is 85.1 cm³/mol. The second kappa shape index (κ2) is 7.58. The van der Waals surface area contributed by atoms with E-state index < -0.39 is 0 Å². The van der Waals surface area contributed by atoms with Gasteiger partial charge >= 0.3 is 0 Å². The minimum Gasteiger partial charge on any atom is -0.326 e. The Morgan fingerprint density at radius 2 is 2.24 bits per heavy atom. The van der Waals surface area contributed by atoms with Crippen LogP contribution in [0.15, 0.2) is 41.8 Å². The highest BCUT2D eigenvalue weighted by molar-refractivity contribution is 7.09. The molecule has 0 unspecified atom stereocenters. The molecule has 4 nitrogen and oxygen atoms in total. The molecule has 0 spiro atoms. The van der Waals surface area contributed by atoms with Crippen LogP contribution in [-0.4, -0.2) is 24.4 Å². The predicted octanol–water partition coefficient (Wildman–Crippen LogP) is 3.08. The summed E-state index contributed by atoms with van der Waals surface area (Å²) in [6, 6.07) is 13.1. The third kappa shape index (κ3) is 5.03. The molecular weight excluding hydrogens is 282 g/mol. The molecule has 0 aliphatic carbocycles. The van der Waals surface area contributed by atoms with Crippen LogP contribution in [0.2, 0.25) is 0 Å². The smallest absolute Gasteiger partial charge is 0.225 e. The lowest BCUT2D eigenvalue weighted by molar-refractivity contribution is -0.116. The number of carbonyl (C=O) groups is 1. The van der Waals surface area contributed by atoms with Crippen molar-refractivity contribution in [3.05, 3.63) is 52.2 Å². The third-order valence-corrected chi connectivity index (χ3v) is 3.86. The largest absolute Gasteiger partial charge is 0.326 e. The van der Waals surface area contributed by atoms with Crippen molar-refractivity contribution in [2.75, 3.05) is 18.9 Å². The number of benzene rings is 1. The highest BCUT2D eigenvalue weighted by Gasteiger charge is 2.06. The van der Waals surface area contributed by atoms with Gasteiger partial charge < -0.3 is 10.2 Å². The minimum atomic E-state index is -0.0388. The Hall–Kier alpha value is -2.16. The quantitative estimate of drug-likeness (QED) is 0.892. The van der Waals surface area contributed by atoms with Gasteiger partial charge in [0, 0.05) is 30.1 Å². The lowest BCUT2D eigenvalue weighted by Gasteiger charge is -2.15. The van der Waals surface area contributed by atoms with Gasteiger partial charge in [-0.05, 0) is 36.7 Å². The maximum atomic E-state index is 11.9. The van der Waals surface area contributed by atoms with Gasteiger partial charge in [-0.3, -0.25) is 4.79 Å². The Morgan fingerprint density at radius 3 is 2.95 bits per heavy atom. The first-order valence-electron chi connectivity index (χ1n) is 6.68. The Labute approximate surface area is 128 Å². The summed E-state index contributed by atoms with van der Waals surface area (Å²) in [5.41, 5.74) is 1.21. The van der Waals surface area contributed by atoms with Crippen LogP contribution >= 0.6 is 11.3 Å². The van der Waals surface area contributed by atoms with Crippen LogP contribution in [0.5, 0.6) is 0 Å². The van der Waals surface area contributed by atoms with Crippen molar-refractivity contribution in [1.82, 2.24) is 4.90 Å². The fourth-order valence-corrected chi connectivity index (χ4v) is 2.71. The molecule has 0 aliphatic rings. The number of thiophene rings is 1. The molecule has 0 atom stereocenters. The van der Waals surface area contributed by atoms with Crippen LogP contribution in [0.4, 0.5) is 5.69 Å². The number of nitrogens with zero attached hydrogens (tertiary/aromatic N) is 2. The zero-order valence-corrected chi connectivity index (χ0v) is 12.7. The maximum Gasteiger partial charge on any atom is 0.225 e. The molecule has 0 saturated heterocycles. The van der Waals surface area contributed by atoms with Crippen molar-refractivity contribution in [3.8, 4) is 6.07 Å². The third-order valence-electron chi connectivity index (χ3n) is 3.00. The standard InChI is InChI=1S/C16H17N3OS/c1-19(12-15-6-3-9-21-15)8-7-16(20)18-14-5-2-4-13(10-14)11-17/h2-6,9-10H,7-8,12H2,1H3,(H,18,20). The van der Waals surface area contributed by atoms with Crippen molar-refractivity contribution in [3.63, 3.8) is 0 Å². The fourth-order valence-electron chi connectivity index (χ4n) is 1.93. The molecule has 21 heavy (non-hydrogen) atoms. The summed E-state index contributed by atoms with van der Waals surface area (Å²) in [4.78, 5) is 15.3. The molecule has 0 aliphatic heterocycles. The summed E-state index contributed by atoms with van der Waals surface area (Å²) < 4.78 is 0. The number of hydrogen-bond acceptors (Lipinski definition) is 4. The molecule has 1 aromatic heterocycles. The first-order valence-corrected chi connectivity index (χ1v) is 7.56. The summed E-state index contributed by atoms with van der Waals surface area (Å²) in [7, 11) is 2.00. The highest BCUT2D eigenvalue weighted by Crippen LogP contribution is 2.12. The van der Waals surface area contributed by atoms with Crippen LogP contribution in [0.25, 0.3) is 0 Å². The Morgan fingerprint density at radius 1 is 1.38 bits per heavy atom. The number of amides is 1. The van der Waals surface area contributed by atoms with Gasteiger partial charge in [0.15, 0.2) is 0 Å². The number of nitrogens with one attached hydrogen (secondary N) is 1. The number of rotatable bonds is 6. The van der Waals surface area contributed by atoms with Crippen molar-refractivity contribution in [2.45, 2.75) is 13.0 Å². The first kappa shape index (κ1) is 15.2. The molecule has 1 N–H and O–H groups in total. The second-order valence-corrected chi connectivity index (χ2v) is 5.84. The zero-order chi connectivity index (χ0) is 15.1. The van der Waals surface area contributed by atoms with Crippen molar-refractivity contribution < 1.29 is 4.79 Å². The minimum absolute atomic E-state index is 0.0388. The number of anilines is 1. The highest BCUT2D eigenvalue weighted by atomic mass is 32.1. The Kier molecular flexibility index (Phi) is 5.50. The average molecular weight is 299 g/mol. The van der Waals surface area contributed by atoms with Crippen molar-refractivity contribution in [2.24, 2.45) is 0 Å². The zero-order valence-electron chi connectivity index (χ0n) is 11.9. The van der Waals surface area contributed by atoms with E-state index >= 15 is 0 Å². The normalized spacial score (nSPS) is 10.3. The van der Waals surface area contributed by atoms with Gasteiger partial charge in [-0.25, -0.2) is 0 Å². The van der Waals surface area contributed by atoms with Crippen LogP contribution in [0.3, 0.4) is 0 Å². The van der Waals surface area contributed by atoms with Crippen molar-refractivity contribution in [1.29, 1.82) is 5.26 Å². The van der Waals surface area contributed by atoms with Crippen LogP contribution < -0.4 is 5.32 Å². The molecule has 0 saturated carbocycles. The van der Waals surface area contributed by atoms with E-state index in [0.29, 0.717) is 24.2 Å². The number of carbonyl (C=O) groups excluding carboxylic acids is 1. The van der Waals surface area contributed by atoms with Gasteiger partial charge in [0.1, 0.15) is 0 Å². The lowest BCUT2D eigenvalue weighted by Crippen LogP contribution is -2.23. The SMILES string of the molecule is CN(CCC(=O)Nc1cccc(C#N)c1)Cc1cccs1. The molecule has 5 heteroatoms. The van der Waals surface area contributed by atoms with Gasteiger partial charge in [-0.15, -0.1) is 11.3 Å². The molecule has 1 amide bonds. The summed E-state index contributed by atoms with van der Waals surface area (Å²) in [5.74, 6) is -0.0388. The first-order chi connectivity index (χ1) is 10.2. The van der Waals surface area contributed by atoms with Gasteiger partial charge in [-0.1, -0.05) is 12.1 Å². The van der Waals surface area contributed by atoms with E-state index in [9.17, 15) is 4.79 Å².